The summed E-state index contributed by atoms with van der Waals surface area (Å²) in [6.45, 7) is 6.09. The lowest BCUT2D eigenvalue weighted by Gasteiger charge is -2.06. The van der Waals surface area contributed by atoms with E-state index in [0.29, 0.717) is 24.0 Å². The van der Waals surface area contributed by atoms with E-state index in [1.807, 2.05) is 13.8 Å². The molecule has 15 heavy (non-hydrogen) atoms. The zero-order chi connectivity index (χ0) is 11.3. The summed E-state index contributed by atoms with van der Waals surface area (Å²) in [5, 5.41) is 3.21. The van der Waals surface area contributed by atoms with Crippen LogP contribution in [0.4, 0.5) is 5.13 Å². The van der Waals surface area contributed by atoms with E-state index in [1.54, 1.807) is 6.92 Å². The van der Waals surface area contributed by atoms with Crippen molar-refractivity contribution in [3.8, 4) is 0 Å². The first-order valence-corrected chi connectivity index (χ1v) is 5.57. The SMILES string of the molecule is Cc1nsc(NC(=O)CCOC(C)C)n1. The van der Waals surface area contributed by atoms with E-state index in [9.17, 15) is 4.79 Å². The van der Waals surface area contributed by atoms with Gasteiger partial charge in [-0.1, -0.05) is 0 Å². The number of aryl methyl sites for hydroxylation is 1. The van der Waals surface area contributed by atoms with Crippen molar-refractivity contribution in [1.29, 1.82) is 0 Å². The molecule has 0 saturated carbocycles. The predicted molar refractivity (Wildman–Crippen MR) is 59.0 cm³/mol. The Balaban J connectivity index is 2.24. The monoisotopic (exact) mass is 229 g/mol. The molecule has 1 N–H and O–H groups in total. The Morgan fingerprint density at radius 3 is 2.87 bits per heavy atom. The first-order chi connectivity index (χ1) is 7.08. The smallest absolute Gasteiger partial charge is 0.228 e. The van der Waals surface area contributed by atoms with Crippen LogP contribution in [0.5, 0.6) is 0 Å². The molecule has 0 spiro atoms. The van der Waals surface area contributed by atoms with Crippen LogP contribution >= 0.6 is 11.5 Å². The molecule has 6 heteroatoms. The first kappa shape index (κ1) is 12.1. The zero-order valence-electron chi connectivity index (χ0n) is 9.11. The Hall–Kier alpha value is -1.01. The summed E-state index contributed by atoms with van der Waals surface area (Å²) in [4.78, 5) is 15.4. The fourth-order valence-electron chi connectivity index (χ4n) is 0.917. The van der Waals surface area contributed by atoms with Crippen LogP contribution in [0.25, 0.3) is 0 Å². The molecule has 1 aromatic rings. The normalized spacial score (nSPS) is 10.7. The van der Waals surface area contributed by atoms with Crippen LogP contribution in [0.1, 0.15) is 26.1 Å². The quantitative estimate of drug-likeness (QED) is 0.833. The number of nitrogens with zero attached hydrogens (tertiary/aromatic N) is 2. The van der Waals surface area contributed by atoms with Crippen LogP contribution in [0.2, 0.25) is 0 Å². The van der Waals surface area contributed by atoms with Gasteiger partial charge in [-0.15, -0.1) is 0 Å². The number of carbonyl (C=O) groups is 1. The third kappa shape index (κ3) is 4.85. The number of rotatable bonds is 5. The minimum absolute atomic E-state index is 0.0909. The molecule has 0 atom stereocenters. The van der Waals surface area contributed by atoms with Crippen molar-refractivity contribution in [2.75, 3.05) is 11.9 Å². The summed E-state index contributed by atoms with van der Waals surface area (Å²) < 4.78 is 9.22. The molecule has 0 unspecified atom stereocenters. The average Bonchev–Trinajstić information content (AvgIpc) is 2.50. The van der Waals surface area contributed by atoms with Crippen LogP contribution in [-0.2, 0) is 9.53 Å². The Bertz CT molecular complexity index is 325. The maximum absolute atomic E-state index is 11.4. The van der Waals surface area contributed by atoms with Gasteiger partial charge in [0.15, 0.2) is 0 Å². The molecule has 1 aromatic heterocycles. The lowest BCUT2D eigenvalue weighted by molar-refractivity contribution is -0.117. The lowest BCUT2D eigenvalue weighted by Crippen LogP contribution is -2.15. The Morgan fingerprint density at radius 1 is 1.60 bits per heavy atom. The number of ether oxygens (including phenoxy) is 1. The van der Waals surface area contributed by atoms with Gasteiger partial charge >= 0.3 is 0 Å². The maximum Gasteiger partial charge on any atom is 0.228 e. The highest BCUT2D eigenvalue weighted by molar-refractivity contribution is 7.09. The second kappa shape index (κ2) is 5.77. The van der Waals surface area contributed by atoms with Crippen molar-refractivity contribution in [2.24, 2.45) is 0 Å². The highest BCUT2D eigenvalue weighted by Crippen LogP contribution is 2.10. The van der Waals surface area contributed by atoms with E-state index in [0.717, 1.165) is 0 Å². The van der Waals surface area contributed by atoms with Gasteiger partial charge in [-0.05, 0) is 20.8 Å². The third-order valence-electron chi connectivity index (χ3n) is 1.55. The summed E-state index contributed by atoms with van der Waals surface area (Å²) in [5.74, 6) is 0.584. The summed E-state index contributed by atoms with van der Waals surface area (Å²) in [7, 11) is 0. The number of amides is 1. The summed E-state index contributed by atoms with van der Waals surface area (Å²) in [6.07, 6.45) is 0.498. The van der Waals surface area contributed by atoms with E-state index in [1.165, 1.54) is 11.5 Å². The first-order valence-electron chi connectivity index (χ1n) is 4.79. The van der Waals surface area contributed by atoms with Crippen molar-refractivity contribution in [3.63, 3.8) is 0 Å². The van der Waals surface area contributed by atoms with Gasteiger partial charge in [0.25, 0.3) is 0 Å². The number of aromatic nitrogens is 2. The van der Waals surface area contributed by atoms with E-state index < -0.39 is 0 Å². The topological polar surface area (TPSA) is 64.1 Å². The van der Waals surface area contributed by atoms with Gasteiger partial charge < -0.3 is 10.1 Å². The minimum Gasteiger partial charge on any atom is -0.378 e. The lowest BCUT2D eigenvalue weighted by atomic mass is 10.4. The molecule has 5 nitrogen and oxygen atoms in total. The summed E-state index contributed by atoms with van der Waals surface area (Å²) in [6, 6.07) is 0. The van der Waals surface area contributed by atoms with Gasteiger partial charge in [-0.25, -0.2) is 4.98 Å². The molecule has 0 aliphatic rings. The van der Waals surface area contributed by atoms with Crippen LogP contribution in [0.3, 0.4) is 0 Å². The van der Waals surface area contributed by atoms with Gasteiger partial charge in [0.05, 0.1) is 19.1 Å². The van der Waals surface area contributed by atoms with Crippen LogP contribution in [0, 0.1) is 6.92 Å². The molecule has 0 aliphatic heterocycles. The highest BCUT2D eigenvalue weighted by Gasteiger charge is 2.06. The van der Waals surface area contributed by atoms with Crippen molar-refractivity contribution >= 4 is 22.6 Å². The Morgan fingerprint density at radius 2 is 2.33 bits per heavy atom. The minimum atomic E-state index is -0.0909. The average molecular weight is 229 g/mol. The zero-order valence-corrected chi connectivity index (χ0v) is 9.93. The summed E-state index contributed by atoms with van der Waals surface area (Å²) >= 11 is 1.18. The van der Waals surface area contributed by atoms with Crippen LogP contribution < -0.4 is 5.32 Å². The number of hydrogen-bond acceptors (Lipinski definition) is 5. The third-order valence-corrected chi connectivity index (χ3v) is 2.28. The van der Waals surface area contributed by atoms with Gasteiger partial charge in [-0.2, -0.15) is 4.37 Å². The van der Waals surface area contributed by atoms with Gasteiger partial charge in [0.1, 0.15) is 5.82 Å². The van der Waals surface area contributed by atoms with E-state index in [4.69, 9.17) is 4.74 Å². The second-order valence-electron chi connectivity index (χ2n) is 3.36. The van der Waals surface area contributed by atoms with Crippen molar-refractivity contribution in [2.45, 2.75) is 33.3 Å². The van der Waals surface area contributed by atoms with E-state index in [-0.39, 0.29) is 12.0 Å². The van der Waals surface area contributed by atoms with Crippen molar-refractivity contribution in [3.05, 3.63) is 5.82 Å². The maximum atomic E-state index is 11.4. The number of hydrogen-bond donors (Lipinski definition) is 1. The van der Waals surface area contributed by atoms with Crippen LogP contribution in [0.15, 0.2) is 0 Å². The predicted octanol–water partition coefficient (Wildman–Crippen LogP) is 1.60. The standard InChI is InChI=1S/C9H15N3O2S/c1-6(2)14-5-4-8(13)11-9-10-7(3)12-15-9/h6H,4-5H2,1-3H3,(H,10,11,12,13). The molecular weight excluding hydrogens is 214 g/mol. The molecule has 0 aliphatic carbocycles. The molecular formula is C9H15N3O2S. The highest BCUT2D eigenvalue weighted by atomic mass is 32.1. The van der Waals surface area contributed by atoms with Crippen molar-refractivity contribution < 1.29 is 9.53 Å². The van der Waals surface area contributed by atoms with Crippen LogP contribution in [-0.4, -0.2) is 28.0 Å². The fraction of sp³-hybridized carbons (Fsp3) is 0.667. The Kier molecular flexibility index (Phi) is 4.64. The Labute approximate surface area is 93.0 Å². The molecule has 0 fully saturated rings. The largest absolute Gasteiger partial charge is 0.378 e. The van der Waals surface area contributed by atoms with Gasteiger partial charge in [0, 0.05) is 11.5 Å². The molecule has 0 radical (unpaired) electrons. The van der Waals surface area contributed by atoms with E-state index in [2.05, 4.69) is 14.7 Å². The molecule has 1 rings (SSSR count). The van der Waals surface area contributed by atoms with Gasteiger partial charge in [0.2, 0.25) is 11.0 Å². The van der Waals surface area contributed by atoms with Crippen molar-refractivity contribution in [1.82, 2.24) is 9.36 Å². The molecule has 1 heterocycles. The number of anilines is 1. The fourth-order valence-corrected chi connectivity index (χ4v) is 1.51. The summed E-state index contributed by atoms with van der Waals surface area (Å²) in [5.41, 5.74) is 0. The number of carbonyl (C=O) groups excluding carboxylic acids is 1. The molecule has 1 amide bonds. The van der Waals surface area contributed by atoms with Gasteiger partial charge in [-0.3, -0.25) is 4.79 Å². The number of nitrogens with one attached hydrogen (secondary N) is 1. The molecule has 0 aromatic carbocycles. The van der Waals surface area contributed by atoms with E-state index >= 15 is 0 Å². The molecule has 0 bridgehead atoms. The molecule has 84 valence electrons. The second-order valence-corrected chi connectivity index (χ2v) is 4.12. The molecule has 0 saturated heterocycles.